The molecule has 0 N–H and O–H groups in total. The first-order valence-corrected chi connectivity index (χ1v) is 10.1. The molecule has 0 saturated carbocycles. The van der Waals surface area contributed by atoms with Crippen molar-refractivity contribution in [1.29, 1.82) is 0 Å². The summed E-state index contributed by atoms with van der Waals surface area (Å²) in [6.45, 7) is 1.24. The van der Waals surface area contributed by atoms with Gasteiger partial charge in [0.1, 0.15) is 0 Å². The van der Waals surface area contributed by atoms with Crippen LogP contribution in [0.15, 0.2) is 89.5 Å². The number of amides is 1. The van der Waals surface area contributed by atoms with Crippen molar-refractivity contribution in [1.82, 2.24) is 15.0 Å². The van der Waals surface area contributed by atoms with E-state index in [1.807, 2.05) is 65.6 Å². The molecule has 5 rings (SSSR count). The molecule has 2 heterocycles. The number of nitrogens with zero attached hydrogens (tertiary/aromatic N) is 3. The van der Waals surface area contributed by atoms with Gasteiger partial charge in [-0.05, 0) is 16.7 Å². The molecular weight excluding hydrogens is 374 g/mol. The van der Waals surface area contributed by atoms with Crippen molar-refractivity contribution in [2.45, 2.75) is 12.3 Å². The van der Waals surface area contributed by atoms with Gasteiger partial charge >= 0.3 is 0 Å². The predicted molar refractivity (Wildman–Crippen MR) is 115 cm³/mol. The molecule has 1 aromatic heterocycles. The van der Waals surface area contributed by atoms with E-state index in [1.54, 1.807) is 0 Å². The lowest BCUT2D eigenvalue weighted by Crippen LogP contribution is -2.49. The fourth-order valence-electron chi connectivity index (χ4n) is 3.68. The summed E-state index contributed by atoms with van der Waals surface area (Å²) in [5, 5.41) is 4.07. The highest BCUT2D eigenvalue weighted by Crippen LogP contribution is 2.28. The van der Waals surface area contributed by atoms with Crippen molar-refractivity contribution in [2.75, 3.05) is 13.1 Å². The van der Waals surface area contributed by atoms with Gasteiger partial charge in [0.25, 0.3) is 0 Å². The second kappa shape index (κ2) is 7.95. The highest BCUT2D eigenvalue weighted by Gasteiger charge is 2.35. The smallest absolute Gasteiger partial charge is 0.233 e. The zero-order valence-corrected chi connectivity index (χ0v) is 16.4. The van der Waals surface area contributed by atoms with Crippen LogP contribution < -0.4 is 0 Å². The second-order valence-corrected chi connectivity index (χ2v) is 7.56. The number of likely N-dealkylation sites (tertiary alicyclic amines) is 1. The molecule has 0 unspecified atom stereocenters. The van der Waals surface area contributed by atoms with E-state index in [4.69, 9.17) is 4.52 Å². The van der Waals surface area contributed by atoms with Crippen LogP contribution in [0.5, 0.6) is 0 Å². The van der Waals surface area contributed by atoms with Crippen molar-refractivity contribution >= 4 is 5.91 Å². The van der Waals surface area contributed by atoms with Gasteiger partial charge in [-0.3, -0.25) is 4.79 Å². The van der Waals surface area contributed by atoms with E-state index in [0.29, 0.717) is 31.2 Å². The summed E-state index contributed by atoms with van der Waals surface area (Å²) >= 11 is 0. The Balaban J connectivity index is 1.17. The first-order chi connectivity index (χ1) is 14.8. The molecule has 5 heteroatoms. The monoisotopic (exact) mass is 395 g/mol. The lowest BCUT2D eigenvalue weighted by molar-refractivity contribution is -0.135. The van der Waals surface area contributed by atoms with Crippen LogP contribution in [0.25, 0.3) is 22.5 Å². The molecule has 5 nitrogen and oxygen atoms in total. The van der Waals surface area contributed by atoms with Crippen LogP contribution in [-0.2, 0) is 11.2 Å². The third-order valence-corrected chi connectivity index (χ3v) is 5.47. The average molecular weight is 395 g/mol. The van der Waals surface area contributed by atoms with Crippen LogP contribution in [0, 0.1) is 0 Å². The Morgan fingerprint density at radius 1 is 0.833 bits per heavy atom. The Morgan fingerprint density at radius 3 is 2.10 bits per heavy atom. The Morgan fingerprint density at radius 2 is 1.43 bits per heavy atom. The van der Waals surface area contributed by atoms with Crippen molar-refractivity contribution in [3.63, 3.8) is 0 Å². The van der Waals surface area contributed by atoms with Crippen LogP contribution in [0.4, 0.5) is 0 Å². The molecule has 1 aliphatic heterocycles. The molecule has 1 saturated heterocycles. The van der Waals surface area contributed by atoms with Gasteiger partial charge < -0.3 is 9.42 Å². The van der Waals surface area contributed by atoms with E-state index >= 15 is 0 Å². The Bertz CT molecular complexity index is 1130. The van der Waals surface area contributed by atoms with Gasteiger partial charge in [0.15, 0.2) is 0 Å². The average Bonchev–Trinajstić information content (AvgIpc) is 3.24. The van der Waals surface area contributed by atoms with Crippen LogP contribution in [0.2, 0.25) is 0 Å². The molecule has 148 valence electrons. The lowest BCUT2D eigenvalue weighted by Gasteiger charge is -2.37. The van der Waals surface area contributed by atoms with Gasteiger partial charge in [-0.2, -0.15) is 4.98 Å². The first kappa shape index (κ1) is 18.3. The summed E-state index contributed by atoms with van der Waals surface area (Å²) in [4.78, 5) is 19.0. The van der Waals surface area contributed by atoms with Crippen molar-refractivity contribution in [2.24, 2.45) is 0 Å². The molecule has 0 bridgehead atoms. The van der Waals surface area contributed by atoms with Crippen molar-refractivity contribution < 1.29 is 9.32 Å². The molecule has 1 aliphatic rings. The van der Waals surface area contributed by atoms with Crippen molar-refractivity contribution in [3.05, 3.63) is 96.4 Å². The van der Waals surface area contributed by atoms with E-state index in [2.05, 4.69) is 34.4 Å². The molecule has 1 fully saturated rings. The first-order valence-electron chi connectivity index (χ1n) is 10.1. The van der Waals surface area contributed by atoms with E-state index in [9.17, 15) is 4.79 Å². The highest BCUT2D eigenvalue weighted by molar-refractivity contribution is 5.80. The number of hydrogen-bond donors (Lipinski definition) is 0. The SMILES string of the molecule is O=C(Cc1ccc(-c2ccccc2)cc1)N1CC(c2nc(-c3ccccc3)no2)C1. The van der Waals surface area contributed by atoms with Crippen LogP contribution in [0.3, 0.4) is 0 Å². The summed E-state index contributed by atoms with van der Waals surface area (Å²) in [5.74, 6) is 1.43. The molecule has 0 aliphatic carbocycles. The Kier molecular flexibility index (Phi) is 4.85. The van der Waals surface area contributed by atoms with Gasteiger partial charge in [0, 0.05) is 18.7 Å². The largest absolute Gasteiger partial charge is 0.341 e. The maximum absolute atomic E-state index is 12.6. The van der Waals surface area contributed by atoms with Crippen LogP contribution in [-0.4, -0.2) is 34.0 Å². The fourth-order valence-corrected chi connectivity index (χ4v) is 3.68. The molecule has 30 heavy (non-hydrogen) atoms. The molecule has 0 radical (unpaired) electrons. The van der Waals surface area contributed by atoms with Gasteiger partial charge in [-0.15, -0.1) is 0 Å². The quantitative estimate of drug-likeness (QED) is 0.497. The van der Waals surface area contributed by atoms with E-state index < -0.39 is 0 Å². The standard InChI is InChI=1S/C25H21N3O2/c29-23(15-18-11-13-20(14-12-18)19-7-3-1-4-8-19)28-16-22(17-28)25-26-24(27-30-25)21-9-5-2-6-10-21/h1-14,22H,15-17H2. The maximum Gasteiger partial charge on any atom is 0.233 e. The molecule has 3 aromatic carbocycles. The number of rotatable bonds is 5. The van der Waals surface area contributed by atoms with Crippen LogP contribution in [0.1, 0.15) is 17.4 Å². The summed E-state index contributed by atoms with van der Waals surface area (Å²) in [5.41, 5.74) is 4.28. The van der Waals surface area contributed by atoms with E-state index in [0.717, 1.165) is 16.7 Å². The molecule has 0 spiro atoms. The number of hydrogen-bond acceptors (Lipinski definition) is 4. The lowest BCUT2D eigenvalue weighted by atomic mass is 9.98. The summed E-state index contributed by atoms with van der Waals surface area (Å²) in [7, 11) is 0. The number of carbonyl (C=O) groups is 1. The number of aromatic nitrogens is 2. The minimum absolute atomic E-state index is 0.111. The fraction of sp³-hybridized carbons (Fsp3) is 0.160. The summed E-state index contributed by atoms with van der Waals surface area (Å²) in [6.07, 6.45) is 0.404. The van der Waals surface area contributed by atoms with E-state index in [1.165, 1.54) is 5.56 Å². The van der Waals surface area contributed by atoms with E-state index in [-0.39, 0.29) is 11.8 Å². The molecule has 4 aromatic rings. The number of benzene rings is 3. The third-order valence-electron chi connectivity index (χ3n) is 5.47. The summed E-state index contributed by atoms with van der Waals surface area (Å²) < 4.78 is 5.43. The topological polar surface area (TPSA) is 59.2 Å². The van der Waals surface area contributed by atoms with Crippen LogP contribution >= 0.6 is 0 Å². The number of carbonyl (C=O) groups excluding carboxylic acids is 1. The van der Waals surface area contributed by atoms with Crippen molar-refractivity contribution in [3.8, 4) is 22.5 Å². The zero-order chi connectivity index (χ0) is 20.3. The zero-order valence-electron chi connectivity index (χ0n) is 16.4. The van der Waals surface area contributed by atoms with Gasteiger partial charge in [0.05, 0.1) is 12.3 Å². The Hall–Kier alpha value is -3.73. The van der Waals surface area contributed by atoms with Gasteiger partial charge in [-0.1, -0.05) is 90.1 Å². The predicted octanol–water partition coefficient (Wildman–Crippen LogP) is 4.57. The Labute approximate surface area is 175 Å². The highest BCUT2D eigenvalue weighted by atomic mass is 16.5. The molecular formula is C25H21N3O2. The molecule has 1 amide bonds. The summed E-state index contributed by atoms with van der Waals surface area (Å²) in [6, 6.07) is 28.2. The molecule has 0 atom stereocenters. The minimum Gasteiger partial charge on any atom is -0.341 e. The van der Waals surface area contributed by atoms with Gasteiger partial charge in [-0.25, -0.2) is 0 Å². The second-order valence-electron chi connectivity index (χ2n) is 7.56. The maximum atomic E-state index is 12.6. The third kappa shape index (κ3) is 3.74. The minimum atomic E-state index is 0.111. The van der Waals surface area contributed by atoms with Gasteiger partial charge in [0.2, 0.25) is 17.6 Å². The normalized spacial score (nSPS) is 13.8.